The average Bonchev–Trinajstić information content (AvgIpc) is 3.27. The number of hydrogen-bond donors (Lipinski definition) is 1. The summed E-state index contributed by atoms with van der Waals surface area (Å²) in [6.45, 7) is 2.17. The number of aryl methyl sites for hydroxylation is 1. The Morgan fingerprint density at radius 1 is 1.25 bits per heavy atom. The summed E-state index contributed by atoms with van der Waals surface area (Å²) in [6.07, 6.45) is 0.533. The van der Waals surface area contributed by atoms with E-state index in [0.717, 1.165) is 34.0 Å². The van der Waals surface area contributed by atoms with Gasteiger partial charge in [-0.1, -0.05) is 6.07 Å². The maximum atomic E-state index is 13.1. The fourth-order valence-electron chi connectivity index (χ4n) is 3.21. The minimum absolute atomic E-state index is 0.232. The lowest BCUT2D eigenvalue weighted by atomic mass is 10.1. The van der Waals surface area contributed by atoms with E-state index in [0.29, 0.717) is 12.1 Å². The zero-order chi connectivity index (χ0) is 20.1. The van der Waals surface area contributed by atoms with Crippen LogP contribution in [0.5, 0.6) is 5.75 Å². The third kappa shape index (κ3) is 3.00. The number of anilines is 1. The molecule has 0 spiro atoms. The number of benzene rings is 2. The van der Waals surface area contributed by atoms with E-state index in [4.69, 9.17) is 0 Å². The predicted molar refractivity (Wildman–Crippen MR) is 105 cm³/mol. The van der Waals surface area contributed by atoms with E-state index in [1.165, 1.54) is 10.4 Å². The quantitative estimate of drug-likeness (QED) is 0.513. The number of phenolic OH excluding ortho intramolecular Hbond substituents is 1. The van der Waals surface area contributed by atoms with Crippen LogP contribution in [0.4, 0.5) is 11.4 Å². The molecule has 0 saturated carbocycles. The molecule has 10 heteroatoms. The molecule has 0 bridgehead atoms. The summed E-state index contributed by atoms with van der Waals surface area (Å²) in [7, 11) is -3.99. The van der Waals surface area contributed by atoms with Gasteiger partial charge in [-0.3, -0.25) is 14.4 Å². The van der Waals surface area contributed by atoms with Crippen LogP contribution in [0, 0.1) is 17.0 Å². The fourth-order valence-corrected chi connectivity index (χ4v) is 5.36. The highest BCUT2D eigenvalue weighted by Gasteiger charge is 2.32. The molecule has 0 fully saturated rings. The van der Waals surface area contributed by atoms with Crippen molar-refractivity contribution < 1.29 is 18.4 Å². The monoisotopic (exact) mass is 417 g/mol. The molecule has 0 unspecified atom stereocenters. The summed E-state index contributed by atoms with van der Waals surface area (Å²) in [5.41, 5.74) is 2.55. The van der Waals surface area contributed by atoms with Gasteiger partial charge in [0.25, 0.3) is 10.0 Å². The van der Waals surface area contributed by atoms with Crippen molar-refractivity contribution in [3.8, 4) is 17.0 Å². The standard InChI is InChI=1S/C18H15N3O5S2/c1-11-19-15(10-27-11)12-2-4-16-13(8-12)6-7-20(16)28(25,26)14-3-5-18(22)17(9-14)21(23)24/h2-5,8-10,22H,6-7H2,1H3. The minimum atomic E-state index is -3.99. The lowest BCUT2D eigenvalue weighted by molar-refractivity contribution is -0.386. The van der Waals surface area contributed by atoms with Gasteiger partial charge in [0.2, 0.25) is 0 Å². The van der Waals surface area contributed by atoms with Gasteiger partial charge in [0.05, 0.1) is 26.2 Å². The van der Waals surface area contributed by atoms with Crippen LogP contribution >= 0.6 is 11.3 Å². The summed E-state index contributed by atoms with van der Waals surface area (Å²) < 4.78 is 27.3. The molecule has 1 aliphatic rings. The number of aromatic hydroxyl groups is 1. The fraction of sp³-hybridized carbons (Fsp3) is 0.167. The van der Waals surface area contributed by atoms with Crippen LogP contribution in [0.15, 0.2) is 46.7 Å². The van der Waals surface area contributed by atoms with Crippen molar-refractivity contribution in [1.82, 2.24) is 4.98 Å². The molecule has 0 aliphatic carbocycles. The van der Waals surface area contributed by atoms with Gasteiger partial charge in [-0.25, -0.2) is 13.4 Å². The van der Waals surface area contributed by atoms with Crippen molar-refractivity contribution in [2.45, 2.75) is 18.2 Å². The van der Waals surface area contributed by atoms with Crippen molar-refractivity contribution >= 4 is 32.7 Å². The van der Waals surface area contributed by atoms with Gasteiger partial charge in [-0.05, 0) is 43.2 Å². The summed E-state index contributed by atoms with van der Waals surface area (Å²) in [4.78, 5) is 14.4. The first-order valence-electron chi connectivity index (χ1n) is 8.33. The van der Waals surface area contributed by atoms with Gasteiger partial charge >= 0.3 is 5.69 Å². The maximum Gasteiger partial charge on any atom is 0.312 e. The highest BCUT2D eigenvalue weighted by molar-refractivity contribution is 7.92. The molecule has 1 aromatic heterocycles. The predicted octanol–water partition coefficient (Wildman–Crippen LogP) is 3.48. The van der Waals surface area contributed by atoms with Crippen molar-refractivity contribution in [3.63, 3.8) is 0 Å². The van der Waals surface area contributed by atoms with Crippen molar-refractivity contribution in [2.75, 3.05) is 10.8 Å². The Kier molecular flexibility index (Phi) is 4.31. The smallest absolute Gasteiger partial charge is 0.312 e. The first-order valence-corrected chi connectivity index (χ1v) is 10.6. The first kappa shape index (κ1) is 18.4. The van der Waals surface area contributed by atoms with E-state index >= 15 is 0 Å². The second kappa shape index (κ2) is 6.57. The van der Waals surface area contributed by atoms with E-state index in [9.17, 15) is 23.6 Å². The van der Waals surface area contributed by atoms with Gasteiger partial charge in [0.15, 0.2) is 5.75 Å². The second-order valence-electron chi connectivity index (χ2n) is 6.33. The molecular weight excluding hydrogens is 402 g/mol. The van der Waals surface area contributed by atoms with E-state index in [-0.39, 0.29) is 11.4 Å². The van der Waals surface area contributed by atoms with Crippen molar-refractivity contribution in [1.29, 1.82) is 0 Å². The highest BCUT2D eigenvalue weighted by Crippen LogP contribution is 2.37. The largest absolute Gasteiger partial charge is 0.502 e. The molecule has 1 aliphatic heterocycles. The highest BCUT2D eigenvalue weighted by atomic mass is 32.2. The molecule has 3 aromatic rings. The van der Waals surface area contributed by atoms with Gasteiger partial charge in [0.1, 0.15) is 0 Å². The molecule has 0 radical (unpaired) electrons. The van der Waals surface area contributed by atoms with Crippen LogP contribution in [-0.4, -0.2) is 30.0 Å². The molecule has 0 atom stereocenters. The Bertz CT molecular complexity index is 1200. The molecule has 8 nitrogen and oxygen atoms in total. The zero-order valence-corrected chi connectivity index (χ0v) is 16.3. The summed E-state index contributed by atoms with van der Waals surface area (Å²) in [5.74, 6) is -0.575. The van der Waals surface area contributed by atoms with Gasteiger partial charge in [-0.2, -0.15) is 0 Å². The Balaban J connectivity index is 1.72. The summed E-state index contributed by atoms with van der Waals surface area (Å²) in [5, 5.41) is 23.5. The number of hydrogen-bond acceptors (Lipinski definition) is 7. The van der Waals surface area contributed by atoms with Gasteiger partial charge in [-0.15, -0.1) is 11.3 Å². The number of nitro groups is 1. The number of sulfonamides is 1. The third-order valence-corrected chi connectivity index (χ3v) is 7.16. The summed E-state index contributed by atoms with van der Waals surface area (Å²) >= 11 is 1.55. The van der Waals surface area contributed by atoms with Crippen LogP contribution < -0.4 is 4.31 Å². The normalized spacial score (nSPS) is 13.5. The van der Waals surface area contributed by atoms with Crippen LogP contribution in [0.2, 0.25) is 0 Å². The molecule has 0 amide bonds. The van der Waals surface area contributed by atoms with Crippen molar-refractivity contribution in [2.24, 2.45) is 0 Å². The molecule has 28 heavy (non-hydrogen) atoms. The number of phenols is 1. The lowest BCUT2D eigenvalue weighted by Gasteiger charge is -2.19. The molecule has 4 rings (SSSR count). The number of aromatic nitrogens is 1. The van der Waals surface area contributed by atoms with Crippen molar-refractivity contribution in [3.05, 3.63) is 62.5 Å². The Morgan fingerprint density at radius 2 is 2.04 bits per heavy atom. The summed E-state index contributed by atoms with van der Waals surface area (Å²) in [6, 6.07) is 8.56. The molecular formula is C18H15N3O5S2. The first-order chi connectivity index (χ1) is 13.3. The number of nitro benzene ring substituents is 1. The van der Waals surface area contributed by atoms with E-state index < -0.39 is 26.4 Å². The maximum absolute atomic E-state index is 13.1. The van der Waals surface area contributed by atoms with E-state index in [1.807, 2.05) is 24.4 Å². The SMILES string of the molecule is Cc1nc(-c2ccc3c(c2)CCN3S(=O)(=O)c2ccc(O)c([N+](=O)[O-])c2)cs1. The number of thiazole rings is 1. The second-order valence-corrected chi connectivity index (χ2v) is 9.25. The number of nitrogens with zero attached hydrogens (tertiary/aromatic N) is 3. The molecule has 2 heterocycles. The van der Waals surface area contributed by atoms with Crippen LogP contribution in [-0.2, 0) is 16.4 Å². The zero-order valence-electron chi connectivity index (χ0n) is 14.7. The Hall–Kier alpha value is -2.98. The van der Waals surface area contributed by atoms with E-state index in [1.54, 1.807) is 17.4 Å². The van der Waals surface area contributed by atoms with Crippen LogP contribution in [0.1, 0.15) is 10.6 Å². The number of fused-ring (bicyclic) bond motifs is 1. The molecule has 2 aromatic carbocycles. The number of rotatable bonds is 4. The third-order valence-electron chi connectivity index (χ3n) is 4.58. The average molecular weight is 417 g/mol. The Labute approximate surface area is 164 Å². The van der Waals surface area contributed by atoms with Crippen LogP contribution in [0.3, 0.4) is 0 Å². The van der Waals surface area contributed by atoms with Gasteiger partial charge in [0, 0.05) is 23.6 Å². The minimum Gasteiger partial charge on any atom is -0.502 e. The van der Waals surface area contributed by atoms with E-state index in [2.05, 4.69) is 4.98 Å². The topological polar surface area (TPSA) is 114 Å². The molecule has 1 N–H and O–H groups in total. The molecule has 0 saturated heterocycles. The lowest BCUT2D eigenvalue weighted by Crippen LogP contribution is -2.29. The molecule has 144 valence electrons. The van der Waals surface area contributed by atoms with Gasteiger partial charge < -0.3 is 5.11 Å². The van der Waals surface area contributed by atoms with Crippen LogP contribution in [0.25, 0.3) is 11.3 Å². The Morgan fingerprint density at radius 3 is 2.71 bits per heavy atom.